The quantitative estimate of drug-likeness (QED) is 0.411. The van der Waals surface area contributed by atoms with Crippen LogP contribution in [0.2, 0.25) is 0 Å². The van der Waals surface area contributed by atoms with Crippen molar-refractivity contribution < 1.29 is 41.8 Å². The minimum Gasteiger partial charge on any atom is -0.468 e. The van der Waals surface area contributed by atoms with E-state index in [0.29, 0.717) is 0 Å². The van der Waals surface area contributed by atoms with E-state index in [9.17, 15) is 19.2 Å². The first-order chi connectivity index (χ1) is 20.7. The highest BCUT2D eigenvalue weighted by atomic mass is 19.1. The van der Waals surface area contributed by atoms with Crippen molar-refractivity contribution in [3.63, 3.8) is 0 Å². The molecule has 6 rings (SSSR count). The highest BCUT2D eigenvalue weighted by Gasteiger charge is 2.42. The summed E-state index contributed by atoms with van der Waals surface area (Å²) in [5.41, 5.74) is -0.369. The predicted molar refractivity (Wildman–Crippen MR) is 141 cm³/mol. The molecule has 0 unspecified atom stereocenters. The van der Waals surface area contributed by atoms with Gasteiger partial charge >= 0.3 is 6.09 Å². The Hall–Kier alpha value is -5.22. The van der Waals surface area contributed by atoms with Gasteiger partial charge in [0, 0.05) is 37.5 Å². The van der Waals surface area contributed by atoms with Gasteiger partial charge in [-0.3, -0.25) is 19.3 Å². The van der Waals surface area contributed by atoms with Crippen LogP contribution in [-0.4, -0.2) is 101 Å². The fourth-order valence-electron chi connectivity index (χ4n) is 5.31. The molecule has 43 heavy (non-hydrogen) atoms. The van der Waals surface area contributed by atoms with Crippen LogP contribution in [0.25, 0.3) is 0 Å². The molecule has 4 amide bonds. The topological polar surface area (TPSA) is 156 Å². The van der Waals surface area contributed by atoms with E-state index in [2.05, 4.69) is 15.6 Å². The number of rotatable bonds is 7. The second-order valence-corrected chi connectivity index (χ2v) is 10.0. The van der Waals surface area contributed by atoms with E-state index < -0.39 is 47.6 Å². The number of anilines is 2. The third kappa shape index (κ3) is 5.40. The van der Waals surface area contributed by atoms with Gasteiger partial charge in [0.15, 0.2) is 17.4 Å². The fourth-order valence-corrected chi connectivity index (χ4v) is 5.31. The van der Waals surface area contributed by atoms with Gasteiger partial charge in [0.1, 0.15) is 17.8 Å². The zero-order chi connectivity index (χ0) is 30.2. The Morgan fingerprint density at radius 2 is 1.84 bits per heavy atom. The van der Waals surface area contributed by atoms with Crippen LogP contribution in [0.1, 0.15) is 17.0 Å². The second kappa shape index (κ2) is 11.2. The van der Waals surface area contributed by atoms with Crippen LogP contribution in [0.5, 0.6) is 5.95 Å². The molecule has 3 aliphatic rings. The van der Waals surface area contributed by atoms with E-state index in [-0.39, 0.29) is 68.8 Å². The minimum absolute atomic E-state index is 0.00943. The number of nitrogens with one attached hydrogen (secondary N) is 1. The molecule has 0 radical (unpaired) electrons. The number of furan rings is 1. The average Bonchev–Trinajstić information content (AvgIpc) is 3.71. The van der Waals surface area contributed by atoms with Gasteiger partial charge in [-0.2, -0.15) is 0 Å². The predicted octanol–water partition coefficient (Wildman–Crippen LogP) is 0.778. The Morgan fingerprint density at radius 3 is 2.51 bits per heavy atom. The summed E-state index contributed by atoms with van der Waals surface area (Å²) in [6.45, 7) is 0.200. The Labute approximate surface area is 242 Å². The molecule has 226 valence electrons. The lowest BCUT2D eigenvalue weighted by atomic mass is 10.1. The lowest BCUT2D eigenvalue weighted by Gasteiger charge is -2.39. The van der Waals surface area contributed by atoms with Crippen LogP contribution in [0, 0.1) is 11.6 Å². The number of fused-ring (bicyclic) bond motifs is 1. The van der Waals surface area contributed by atoms with Crippen LogP contribution in [0.4, 0.5) is 25.0 Å². The highest BCUT2D eigenvalue weighted by molar-refractivity contribution is 5.99. The molecule has 2 aromatic heterocycles. The zero-order valence-electron chi connectivity index (χ0n) is 22.8. The number of hydrogen-bond donors (Lipinski definition) is 1. The average molecular weight is 601 g/mol. The number of methoxy groups -OCH3 is 1. The SMILES string of the molecule is COc1ccc(C(=O)N[C@H]2CC(=O)N3CCN(c4c(F)cc(N5C[C@H](Cn6ccnn6)OC5=O)cc4F)CCN3C2=O)o1. The molecule has 1 aromatic carbocycles. The smallest absolute Gasteiger partial charge is 0.414 e. The summed E-state index contributed by atoms with van der Waals surface area (Å²) >= 11 is 0. The van der Waals surface area contributed by atoms with Crippen molar-refractivity contribution in [2.24, 2.45) is 0 Å². The molecule has 3 saturated heterocycles. The number of hydrazine groups is 1. The summed E-state index contributed by atoms with van der Waals surface area (Å²) in [6, 6.07) is 3.74. The third-order valence-electron chi connectivity index (χ3n) is 7.35. The highest BCUT2D eigenvalue weighted by Crippen LogP contribution is 2.32. The Morgan fingerprint density at radius 1 is 1.09 bits per heavy atom. The number of carbonyl (C=O) groups excluding carboxylic acids is 4. The molecule has 3 fully saturated rings. The molecule has 5 heterocycles. The molecule has 0 saturated carbocycles. The first kappa shape index (κ1) is 27.9. The molecular formula is C26H26F2N8O7. The second-order valence-electron chi connectivity index (χ2n) is 10.0. The van der Waals surface area contributed by atoms with E-state index in [1.54, 1.807) is 6.20 Å². The van der Waals surface area contributed by atoms with Crippen molar-refractivity contribution in [3.8, 4) is 5.95 Å². The van der Waals surface area contributed by atoms with Crippen LogP contribution >= 0.6 is 0 Å². The zero-order valence-corrected chi connectivity index (χ0v) is 22.8. The molecule has 3 aromatic rings. The first-order valence-electron chi connectivity index (χ1n) is 13.3. The van der Waals surface area contributed by atoms with E-state index in [0.717, 1.165) is 17.0 Å². The van der Waals surface area contributed by atoms with E-state index in [1.165, 1.54) is 45.0 Å². The summed E-state index contributed by atoms with van der Waals surface area (Å²) in [5, 5.41) is 12.4. The summed E-state index contributed by atoms with van der Waals surface area (Å²) in [6.07, 6.45) is 1.45. The molecule has 0 aliphatic carbocycles. The Kier molecular flexibility index (Phi) is 7.29. The molecule has 0 spiro atoms. The van der Waals surface area contributed by atoms with Crippen LogP contribution in [-0.2, 0) is 20.9 Å². The number of carbonyl (C=O) groups is 4. The standard InChI is InChI=1S/C26H26F2N8O7/c1-41-22-3-2-20(43-22)24(38)30-19-12-21(37)35-8-6-32(7-9-36(35)25(19)39)23-17(27)10-15(11-18(23)28)34-14-16(42-26(34)40)13-33-5-4-29-31-33/h2-5,10-11,16,19H,6-9,12-14H2,1H3,(H,30,38)/t16-,19-/m0/s1. The van der Waals surface area contributed by atoms with Crippen molar-refractivity contribution in [1.82, 2.24) is 30.3 Å². The van der Waals surface area contributed by atoms with Crippen molar-refractivity contribution in [1.29, 1.82) is 0 Å². The molecule has 2 atom stereocenters. The maximum Gasteiger partial charge on any atom is 0.414 e. The molecule has 1 N–H and O–H groups in total. The largest absolute Gasteiger partial charge is 0.468 e. The number of amides is 4. The van der Waals surface area contributed by atoms with Gasteiger partial charge in [-0.05, 0) is 6.07 Å². The van der Waals surface area contributed by atoms with Crippen molar-refractivity contribution >= 4 is 35.2 Å². The van der Waals surface area contributed by atoms with Gasteiger partial charge in [-0.25, -0.2) is 28.3 Å². The normalized spacial score (nSPS) is 20.7. The van der Waals surface area contributed by atoms with Crippen LogP contribution in [0.3, 0.4) is 0 Å². The maximum absolute atomic E-state index is 15.4. The molecular weight excluding hydrogens is 574 g/mol. The van der Waals surface area contributed by atoms with Crippen molar-refractivity contribution in [2.45, 2.75) is 25.1 Å². The van der Waals surface area contributed by atoms with E-state index >= 15 is 8.78 Å². The summed E-state index contributed by atoms with van der Waals surface area (Å²) in [5.74, 6) is -3.51. The first-order valence-corrected chi connectivity index (χ1v) is 13.3. The molecule has 0 bridgehead atoms. The minimum atomic E-state index is -1.15. The maximum atomic E-state index is 15.4. The van der Waals surface area contributed by atoms with E-state index in [4.69, 9.17) is 13.9 Å². The lowest BCUT2D eigenvalue weighted by molar-refractivity contribution is -0.171. The number of benzene rings is 1. The molecule has 17 heteroatoms. The number of ether oxygens (including phenoxy) is 2. The van der Waals surface area contributed by atoms with Crippen molar-refractivity contribution in [3.05, 3.63) is 54.1 Å². The monoisotopic (exact) mass is 600 g/mol. The fraction of sp³-hybridized carbons (Fsp3) is 0.385. The van der Waals surface area contributed by atoms with Gasteiger partial charge in [-0.1, -0.05) is 5.21 Å². The Balaban J connectivity index is 1.13. The van der Waals surface area contributed by atoms with Crippen LogP contribution < -0.4 is 19.9 Å². The number of aromatic nitrogens is 3. The number of halogens is 2. The summed E-state index contributed by atoms with van der Waals surface area (Å²) in [7, 11) is 1.37. The lowest BCUT2D eigenvalue weighted by Crippen LogP contribution is -2.62. The van der Waals surface area contributed by atoms with E-state index in [1.807, 2.05) is 0 Å². The van der Waals surface area contributed by atoms with Crippen LogP contribution in [0.15, 0.2) is 41.1 Å². The summed E-state index contributed by atoms with van der Waals surface area (Å²) < 4.78 is 47.8. The van der Waals surface area contributed by atoms with Gasteiger partial charge in [-0.15, -0.1) is 5.10 Å². The van der Waals surface area contributed by atoms with Gasteiger partial charge in [0.25, 0.3) is 17.8 Å². The van der Waals surface area contributed by atoms with Gasteiger partial charge < -0.3 is 24.1 Å². The summed E-state index contributed by atoms with van der Waals surface area (Å²) in [4.78, 5) is 53.8. The third-order valence-corrected chi connectivity index (χ3v) is 7.35. The number of cyclic esters (lactones) is 1. The number of nitrogens with zero attached hydrogens (tertiary/aromatic N) is 7. The van der Waals surface area contributed by atoms with Crippen molar-refractivity contribution in [2.75, 3.05) is 49.6 Å². The van der Waals surface area contributed by atoms with Gasteiger partial charge in [0.05, 0.1) is 51.6 Å². The molecule has 15 nitrogen and oxygen atoms in total. The number of hydrogen-bond acceptors (Lipinski definition) is 10. The Bertz CT molecular complexity index is 1540. The van der Waals surface area contributed by atoms with Gasteiger partial charge in [0.2, 0.25) is 5.91 Å². The molecule has 3 aliphatic heterocycles.